The molecule has 3 rings (SSSR count). The number of aryl methyl sites for hydroxylation is 1. The van der Waals surface area contributed by atoms with E-state index in [1.54, 1.807) is 25.3 Å². The van der Waals surface area contributed by atoms with E-state index in [0.717, 1.165) is 12.1 Å². The molecule has 0 saturated carbocycles. The second kappa shape index (κ2) is 11.7. The monoisotopic (exact) mass is 525 g/mol. The Morgan fingerprint density at radius 3 is 2.50 bits per heavy atom. The molecule has 1 atom stereocenters. The Balaban J connectivity index is 0.00000408. The first kappa shape index (κ1) is 27.7. The van der Waals surface area contributed by atoms with Crippen molar-refractivity contribution in [1.82, 2.24) is 14.7 Å². The van der Waals surface area contributed by atoms with Gasteiger partial charge in [-0.2, -0.15) is 13.2 Å². The molecule has 0 bridgehead atoms. The highest BCUT2D eigenvalue weighted by Gasteiger charge is 2.27. The van der Waals surface area contributed by atoms with Gasteiger partial charge < -0.3 is 10.1 Å². The normalized spacial score (nSPS) is 12.3. The van der Waals surface area contributed by atoms with Gasteiger partial charge in [-0.3, -0.25) is 9.20 Å². The number of benzene rings is 1. The molecule has 0 aliphatic carbocycles. The molecule has 0 fully saturated rings. The molecule has 0 radical (unpaired) electrons. The summed E-state index contributed by atoms with van der Waals surface area (Å²) in [5.74, 6) is -1.92. The van der Waals surface area contributed by atoms with Gasteiger partial charge in [0.1, 0.15) is 23.9 Å². The largest absolute Gasteiger partial charge is 0.485 e. The molecule has 2 aromatic heterocycles. The van der Waals surface area contributed by atoms with Gasteiger partial charge in [-0.15, -0.1) is 24.0 Å². The molecule has 1 amide bonds. The predicted octanol–water partition coefficient (Wildman–Crippen LogP) is 5.99. The zero-order valence-corrected chi connectivity index (χ0v) is 19.5. The molecule has 5 nitrogen and oxygen atoms in total. The lowest BCUT2D eigenvalue weighted by molar-refractivity contribution is -0.135. The minimum Gasteiger partial charge on any atom is -0.485 e. The van der Waals surface area contributed by atoms with Crippen molar-refractivity contribution in [2.24, 2.45) is 0 Å². The first-order valence-electron chi connectivity index (χ1n) is 10.1. The van der Waals surface area contributed by atoms with Gasteiger partial charge in [0.05, 0.1) is 11.3 Å². The zero-order valence-electron chi connectivity index (χ0n) is 18.0. The number of imidazole rings is 1. The fraction of sp³-hybridized carbons (Fsp3) is 0.364. The summed E-state index contributed by atoms with van der Waals surface area (Å²) in [6.07, 6.45) is -3.79. The first-order chi connectivity index (χ1) is 15.6. The standard InChI is InChI=1S/C22H21ClF5N3O2.ClH/c1-13-19(21(32)30-14(11-23)5-3-9-22(26,27)28)31-10-4-8-18(20(31)29-13)33-12-15-16(24)6-2-7-17(15)25;/h2,4,6-8,10,14H,3,5,9,11-12H2,1H3,(H,30,32);1H. The Morgan fingerprint density at radius 2 is 1.88 bits per heavy atom. The summed E-state index contributed by atoms with van der Waals surface area (Å²) < 4.78 is 72.0. The summed E-state index contributed by atoms with van der Waals surface area (Å²) in [7, 11) is 0. The molecule has 1 N–H and O–H groups in total. The number of halogens is 7. The van der Waals surface area contributed by atoms with Crippen molar-refractivity contribution >= 4 is 35.6 Å². The number of nitrogens with one attached hydrogen (secondary N) is 1. The number of carbonyl (C=O) groups is 1. The first-order valence-corrected chi connectivity index (χ1v) is 10.6. The highest BCUT2D eigenvalue weighted by atomic mass is 35.5. The Hall–Kier alpha value is -2.59. The van der Waals surface area contributed by atoms with Crippen LogP contribution in [0.4, 0.5) is 22.0 Å². The topological polar surface area (TPSA) is 55.6 Å². The van der Waals surface area contributed by atoms with E-state index in [9.17, 15) is 26.7 Å². The summed E-state index contributed by atoms with van der Waals surface area (Å²) in [5.41, 5.74) is 0.489. The third-order valence-electron chi connectivity index (χ3n) is 4.97. The summed E-state index contributed by atoms with van der Waals surface area (Å²) in [6.45, 7) is 1.20. The van der Waals surface area contributed by atoms with E-state index in [2.05, 4.69) is 10.3 Å². The van der Waals surface area contributed by atoms with Gasteiger partial charge in [-0.25, -0.2) is 13.8 Å². The molecule has 2 heterocycles. The number of rotatable bonds is 9. The third kappa shape index (κ3) is 6.73. The maximum absolute atomic E-state index is 13.9. The number of pyridine rings is 1. The highest BCUT2D eigenvalue weighted by Crippen LogP contribution is 2.25. The molecule has 12 heteroatoms. The summed E-state index contributed by atoms with van der Waals surface area (Å²) >= 11 is 5.83. The average Bonchev–Trinajstić information content (AvgIpc) is 3.08. The Bertz CT molecular complexity index is 1120. The van der Waals surface area contributed by atoms with Crippen LogP contribution in [0.5, 0.6) is 5.75 Å². The van der Waals surface area contributed by atoms with Crippen molar-refractivity contribution < 1.29 is 31.5 Å². The van der Waals surface area contributed by atoms with Gasteiger partial charge in [-0.1, -0.05) is 6.07 Å². The number of alkyl halides is 4. The van der Waals surface area contributed by atoms with Gasteiger partial charge in [0.25, 0.3) is 5.91 Å². The van der Waals surface area contributed by atoms with Crippen LogP contribution in [0.1, 0.15) is 41.0 Å². The third-order valence-corrected chi connectivity index (χ3v) is 5.34. The number of hydrogen-bond donors (Lipinski definition) is 1. The fourth-order valence-corrected chi connectivity index (χ4v) is 3.58. The SMILES string of the molecule is Cc1nc2c(OCc3c(F)cccc3F)cccn2c1C(=O)NC(CCl)CCCC(F)(F)F.Cl. The van der Waals surface area contributed by atoms with E-state index in [1.807, 2.05) is 0 Å². The summed E-state index contributed by atoms with van der Waals surface area (Å²) in [5, 5.41) is 2.64. The van der Waals surface area contributed by atoms with Crippen LogP contribution in [-0.4, -0.2) is 33.4 Å². The van der Waals surface area contributed by atoms with E-state index >= 15 is 0 Å². The highest BCUT2D eigenvalue weighted by molar-refractivity contribution is 6.18. The van der Waals surface area contributed by atoms with Crippen LogP contribution < -0.4 is 10.1 Å². The minimum absolute atomic E-state index is 0. The van der Waals surface area contributed by atoms with Crippen LogP contribution >= 0.6 is 24.0 Å². The summed E-state index contributed by atoms with van der Waals surface area (Å²) in [6, 6.07) is 5.93. The van der Waals surface area contributed by atoms with Crippen LogP contribution in [0, 0.1) is 18.6 Å². The number of aromatic nitrogens is 2. The predicted molar refractivity (Wildman–Crippen MR) is 120 cm³/mol. The number of ether oxygens (including phenoxy) is 1. The minimum atomic E-state index is -4.28. The van der Waals surface area contributed by atoms with Crippen molar-refractivity contribution in [3.05, 3.63) is 65.1 Å². The van der Waals surface area contributed by atoms with Crippen molar-refractivity contribution in [3.63, 3.8) is 0 Å². The lowest BCUT2D eigenvalue weighted by Crippen LogP contribution is -2.37. The Labute approximate surface area is 203 Å². The van der Waals surface area contributed by atoms with Gasteiger partial charge in [0.15, 0.2) is 11.4 Å². The lowest BCUT2D eigenvalue weighted by Gasteiger charge is -2.17. The molecular formula is C22H22Cl2F5N3O2. The van der Waals surface area contributed by atoms with E-state index in [4.69, 9.17) is 16.3 Å². The fourth-order valence-electron chi connectivity index (χ4n) is 3.35. The molecule has 0 aliphatic heterocycles. The molecule has 0 saturated heterocycles. The van der Waals surface area contributed by atoms with E-state index in [-0.39, 0.29) is 60.4 Å². The smallest absolute Gasteiger partial charge is 0.389 e. The van der Waals surface area contributed by atoms with E-state index in [0.29, 0.717) is 5.69 Å². The summed E-state index contributed by atoms with van der Waals surface area (Å²) in [4.78, 5) is 17.2. The molecule has 1 unspecified atom stereocenters. The molecule has 186 valence electrons. The van der Waals surface area contributed by atoms with Gasteiger partial charge in [0.2, 0.25) is 0 Å². The lowest BCUT2D eigenvalue weighted by atomic mass is 10.1. The number of carbonyl (C=O) groups excluding carboxylic acids is 1. The van der Waals surface area contributed by atoms with Gasteiger partial charge >= 0.3 is 6.18 Å². The number of fused-ring (bicyclic) bond motifs is 1. The maximum atomic E-state index is 13.9. The number of nitrogens with zero attached hydrogens (tertiary/aromatic N) is 2. The molecule has 0 aliphatic rings. The Morgan fingerprint density at radius 1 is 1.21 bits per heavy atom. The van der Waals surface area contributed by atoms with Gasteiger partial charge in [-0.05, 0) is 44.0 Å². The Kier molecular flexibility index (Phi) is 9.52. The molecule has 3 aromatic rings. The van der Waals surface area contributed by atoms with Crippen LogP contribution in [0.2, 0.25) is 0 Å². The quantitative estimate of drug-likeness (QED) is 0.275. The molecule has 0 spiro atoms. The molecular weight excluding hydrogens is 504 g/mol. The number of amides is 1. The van der Waals surface area contributed by atoms with E-state index in [1.165, 1.54) is 10.5 Å². The van der Waals surface area contributed by atoms with Crippen LogP contribution in [-0.2, 0) is 6.61 Å². The molecule has 1 aromatic carbocycles. The zero-order chi connectivity index (χ0) is 24.2. The van der Waals surface area contributed by atoms with Crippen LogP contribution in [0.25, 0.3) is 5.65 Å². The van der Waals surface area contributed by atoms with Crippen molar-refractivity contribution in [2.45, 2.75) is 45.0 Å². The molecule has 34 heavy (non-hydrogen) atoms. The van der Waals surface area contributed by atoms with E-state index < -0.39 is 36.2 Å². The van der Waals surface area contributed by atoms with Crippen molar-refractivity contribution in [3.8, 4) is 5.75 Å². The maximum Gasteiger partial charge on any atom is 0.389 e. The van der Waals surface area contributed by atoms with Crippen LogP contribution in [0.3, 0.4) is 0 Å². The van der Waals surface area contributed by atoms with Gasteiger partial charge in [0, 0.05) is 24.5 Å². The van der Waals surface area contributed by atoms with Crippen LogP contribution in [0.15, 0.2) is 36.5 Å². The van der Waals surface area contributed by atoms with Crippen molar-refractivity contribution in [1.29, 1.82) is 0 Å². The van der Waals surface area contributed by atoms with Crippen molar-refractivity contribution in [2.75, 3.05) is 5.88 Å². The second-order valence-electron chi connectivity index (χ2n) is 7.43. The average molecular weight is 526 g/mol. The second-order valence-corrected chi connectivity index (χ2v) is 7.74. The number of hydrogen-bond acceptors (Lipinski definition) is 3.